The van der Waals surface area contributed by atoms with E-state index in [9.17, 15) is 9.59 Å². The lowest BCUT2D eigenvalue weighted by atomic mass is 10.1. The highest BCUT2D eigenvalue weighted by molar-refractivity contribution is 5.88. The lowest BCUT2D eigenvalue weighted by Crippen LogP contribution is -2.19. The summed E-state index contributed by atoms with van der Waals surface area (Å²) in [5, 5.41) is 8.87. The van der Waals surface area contributed by atoms with Crippen LogP contribution in [-0.2, 0) is 7.05 Å². The average molecular weight is 218 g/mol. The quantitative estimate of drug-likeness (QED) is 0.791. The lowest BCUT2D eigenvalue weighted by Gasteiger charge is -2.06. The van der Waals surface area contributed by atoms with Crippen LogP contribution in [0.2, 0.25) is 0 Å². The van der Waals surface area contributed by atoms with Gasteiger partial charge in [0.2, 0.25) is 0 Å². The average Bonchev–Trinajstić information content (AvgIpc) is 2.74. The van der Waals surface area contributed by atoms with E-state index in [-0.39, 0.29) is 11.1 Å². The van der Waals surface area contributed by atoms with Crippen molar-refractivity contribution in [1.29, 1.82) is 0 Å². The van der Waals surface area contributed by atoms with Crippen LogP contribution in [0.4, 0.5) is 0 Å². The Hall–Kier alpha value is -2.30. The van der Waals surface area contributed by atoms with Crippen LogP contribution >= 0.6 is 0 Å². The Morgan fingerprint density at radius 2 is 2.19 bits per heavy atom. The molecule has 5 heteroatoms. The fourth-order valence-corrected chi connectivity index (χ4v) is 1.52. The van der Waals surface area contributed by atoms with E-state index in [4.69, 9.17) is 5.11 Å². The Kier molecular flexibility index (Phi) is 2.36. The Bertz CT molecular complexity index is 582. The second-order valence-electron chi connectivity index (χ2n) is 3.43. The summed E-state index contributed by atoms with van der Waals surface area (Å²) < 4.78 is 1.41. The first kappa shape index (κ1) is 10.2. The van der Waals surface area contributed by atoms with Crippen LogP contribution in [0.1, 0.15) is 10.4 Å². The molecule has 2 aromatic rings. The van der Waals surface area contributed by atoms with Crippen molar-refractivity contribution in [3.63, 3.8) is 0 Å². The first-order valence-corrected chi connectivity index (χ1v) is 4.67. The number of rotatable bonds is 2. The minimum atomic E-state index is -1.10. The fraction of sp³-hybridized carbons (Fsp3) is 0.0909. The van der Waals surface area contributed by atoms with Crippen LogP contribution in [-0.4, -0.2) is 20.6 Å². The molecule has 16 heavy (non-hydrogen) atoms. The summed E-state index contributed by atoms with van der Waals surface area (Å²) in [5.41, 5.74) is 1.02. The summed E-state index contributed by atoms with van der Waals surface area (Å²) in [6.07, 6.45) is 3.42. The molecule has 0 aliphatic heterocycles. The number of nitrogens with one attached hydrogen (secondary N) is 1. The maximum atomic E-state index is 11.5. The minimum Gasteiger partial charge on any atom is -0.478 e. The highest BCUT2D eigenvalue weighted by atomic mass is 16.4. The van der Waals surface area contributed by atoms with Crippen LogP contribution in [0.5, 0.6) is 0 Å². The molecule has 0 aliphatic carbocycles. The van der Waals surface area contributed by atoms with Crippen LogP contribution < -0.4 is 5.56 Å². The zero-order chi connectivity index (χ0) is 11.7. The van der Waals surface area contributed by atoms with Crippen molar-refractivity contribution in [2.75, 3.05) is 0 Å². The smallest absolute Gasteiger partial charge is 0.335 e. The van der Waals surface area contributed by atoms with Crippen LogP contribution in [0.25, 0.3) is 11.3 Å². The normalized spacial score (nSPS) is 10.3. The summed E-state index contributed by atoms with van der Waals surface area (Å²) in [6.45, 7) is 0. The third kappa shape index (κ3) is 1.63. The minimum absolute atomic E-state index is 0.000648. The van der Waals surface area contributed by atoms with Gasteiger partial charge in [0.25, 0.3) is 5.56 Å². The second-order valence-corrected chi connectivity index (χ2v) is 3.43. The van der Waals surface area contributed by atoms with E-state index in [0.717, 1.165) is 11.6 Å². The van der Waals surface area contributed by atoms with Crippen molar-refractivity contribution in [3.05, 3.63) is 46.5 Å². The Labute approximate surface area is 91.0 Å². The van der Waals surface area contributed by atoms with Crippen LogP contribution in [0.3, 0.4) is 0 Å². The molecule has 0 bridgehead atoms. The molecule has 0 aliphatic rings. The topological polar surface area (TPSA) is 75.1 Å². The van der Waals surface area contributed by atoms with Gasteiger partial charge in [-0.3, -0.25) is 4.79 Å². The van der Waals surface area contributed by atoms with Gasteiger partial charge in [-0.15, -0.1) is 0 Å². The molecule has 2 heterocycles. The number of carbonyl (C=O) groups is 1. The molecule has 0 saturated heterocycles. The molecule has 2 rings (SSSR count). The molecule has 2 aromatic heterocycles. The summed E-state index contributed by atoms with van der Waals surface area (Å²) in [7, 11) is 1.61. The van der Waals surface area contributed by atoms with Gasteiger partial charge in [0.05, 0.1) is 11.3 Å². The van der Waals surface area contributed by atoms with Gasteiger partial charge in [-0.05, 0) is 12.1 Å². The molecule has 0 amide bonds. The van der Waals surface area contributed by atoms with Crippen LogP contribution in [0, 0.1) is 0 Å². The molecular weight excluding hydrogens is 208 g/mol. The number of carboxylic acids is 1. The molecule has 0 spiro atoms. The number of hydrogen-bond acceptors (Lipinski definition) is 2. The van der Waals surface area contributed by atoms with Gasteiger partial charge in [-0.2, -0.15) is 0 Å². The highest BCUT2D eigenvalue weighted by Crippen LogP contribution is 2.17. The molecule has 0 saturated carbocycles. The standard InChI is InChI=1S/C11H10N2O3/c1-13-9(7-2-3-12-6-7)4-8(11(15)16)5-10(13)14/h2-6,12H,1H3,(H,15,16). The van der Waals surface area contributed by atoms with Crippen molar-refractivity contribution in [1.82, 2.24) is 9.55 Å². The van der Waals surface area contributed by atoms with E-state index < -0.39 is 5.97 Å². The number of carboxylic acid groups (broad SMARTS) is 1. The molecular formula is C11H10N2O3. The molecule has 0 aromatic carbocycles. The number of nitrogens with zero attached hydrogens (tertiary/aromatic N) is 1. The van der Waals surface area contributed by atoms with E-state index in [1.54, 1.807) is 25.5 Å². The molecule has 0 fully saturated rings. The monoisotopic (exact) mass is 218 g/mol. The van der Waals surface area contributed by atoms with Gasteiger partial charge in [0.1, 0.15) is 0 Å². The number of aromatic carboxylic acids is 1. The van der Waals surface area contributed by atoms with Gasteiger partial charge in [-0.25, -0.2) is 4.79 Å². The molecule has 2 N–H and O–H groups in total. The molecule has 5 nitrogen and oxygen atoms in total. The number of H-pyrrole nitrogens is 1. The SMILES string of the molecule is Cn1c(-c2cc[nH]c2)cc(C(=O)O)cc1=O. The van der Waals surface area contributed by atoms with E-state index >= 15 is 0 Å². The van der Waals surface area contributed by atoms with E-state index in [1.165, 1.54) is 10.6 Å². The number of pyridine rings is 1. The number of aromatic amines is 1. The molecule has 0 atom stereocenters. The maximum absolute atomic E-state index is 11.5. The summed E-state index contributed by atoms with van der Waals surface area (Å²) in [6, 6.07) is 4.37. The van der Waals surface area contributed by atoms with E-state index in [0.29, 0.717) is 5.69 Å². The number of hydrogen-bond donors (Lipinski definition) is 2. The third-order valence-electron chi connectivity index (χ3n) is 2.40. The predicted molar refractivity (Wildman–Crippen MR) is 58.4 cm³/mol. The second kappa shape index (κ2) is 3.69. The lowest BCUT2D eigenvalue weighted by molar-refractivity contribution is 0.0696. The molecule has 82 valence electrons. The van der Waals surface area contributed by atoms with Gasteiger partial charge < -0.3 is 14.7 Å². The van der Waals surface area contributed by atoms with Crippen molar-refractivity contribution in [2.45, 2.75) is 0 Å². The van der Waals surface area contributed by atoms with Gasteiger partial charge >= 0.3 is 5.97 Å². The summed E-state index contributed by atoms with van der Waals surface area (Å²) in [5.74, 6) is -1.10. The summed E-state index contributed by atoms with van der Waals surface area (Å²) in [4.78, 5) is 25.2. The van der Waals surface area contributed by atoms with Crippen molar-refractivity contribution in [2.24, 2.45) is 7.05 Å². The Morgan fingerprint density at radius 3 is 2.75 bits per heavy atom. The fourth-order valence-electron chi connectivity index (χ4n) is 1.52. The zero-order valence-corrected chi connectivity index (χ0v) is 8.60. The van der Waals surface area contributed by atoms with E-state index in [1.807, 2.05) is 0 Å². The largest absolute Gasteiger partial charge is 0.478 e. The van der Waals surface area contributed by atoms with Gasteiger partial charge in [0.15, 0.2) is 0 Å². The predicted octanol–water partition coefficient (Wildman–Crippen LogP) is 1.08. The first-order chi connectivity index (χ1) is 7.59. The van der Waals surface area contributed by atoms with Gasteiger partial charge in [-0.1, -0.05) is 0 Å². The van der Waals surface area contributed by atoms with E-state index in [2.05, 4.69) is 4.98 Å². The Balaban J connectivity index is 2.70. The zero-order valence-electron chi connectivity index (χ0n) is 8.60. The molecule has 0 radical (unpaired) electrons. The van der Waals surface area contributed by atoms with Crippen molar-refractivity contribution >= 4 is 5.97 Å². The van der Waals surface area contributed by atoms with Gasteiger partial charge in [0, 0.05) is 31.1 Å². The first-order valence-electron chi connectivity index (χ1n) is 4.67. The number of aromatic nitrogens is 2. The highest BCUT2D eigenvalue weighted by Gasteiger charge is 2.10. The Morgan fingerprint density at radius 1 is 1.44 bits per heavy atom. The third-order valence-corrected chi connectivity index (χ3v) is 2.40. The maximum Gasteiger partial charge on any atom is 0.335 e. The molecule has 0 unspecified atom stereocenters. The summed E-state index contributed by atoms with van der Waals surface area (Å²) >= 11 is 0. The van der Waals surface area contributed by atoms with Crippen molar-refractivity contribution in [3.8, 4) is 11.3 Å². The van der Waals surface area contributed by atoms with Crippen LogP contribution in [0.15, 0.2) is 35.4 Å². The van der Waals surface area contributed by atoms with Crippen molar-refractivity contribution < 1.29 is 9.90 Å².